The number of hydrogen-bond acceptors (Lipinski definition) is 5. The number of amidine groups is 1. The van der Waals surface area contributed by atoms with E-state index in [9.17, 15) is 4.79 Å². The number of ether oxygens (including phenoxy) is 2. The zero-order valence-electron chi connectivity index (χ0n) is 19.7. The first-order valence-corrected chi connectivity index (χ1v) is 12.2. The molecule has 0 aromatic heterocycles. The van der Waals surface area contributed by atoms with Crippen LogP contribution in [0.5, 0.6) is 11.5 Å². The summed E-state index contributed by atoms with van der Waals surface area (Å²) in [6.45, 7) is 7.47. The van der Waals surface area contributed by atoms with Crippen LogP contribution in [-0.2, 0) is 11.4 Å². The van der Waals surface area contributed by atoms with E-state index in [1.807, 2.05) is 99.6 Å². The number of carbonyl (C=O) groups is 1. The summed E-state index contributed by atoms with van der Waals surface area (Å²) < 4.78 is 11.8. The fourth-order valence-corrected chi connectivity index (χ4v) is 4.55. The van der Waals surface area contributed by atoms with E-state index in [2.05, 4.69) is 0 Å². The van der Waals surface area contributed by atoms with E-state index in [1.165, 1.54) is 17.3 Å². The highest BCUT2D eigenvalue weighted by molar-refractivity contribution is 8.18. The molecule has 5 nitrogen and oxygen atoms in total. The monoisotopic (exact) mass is 472 g/mol. The van der Waals surface area contributed by atoms with E-state index in [-0.39, 0.29) is 5.91 Å². The van der Waals surface area contributed by atoms with Crippen molar-refractivity contribution < 1.29 is 14.3 Å². The zero-order valence-corrected chi connectivity index (χ0v) is 20.5. The highest BCUT2D eigenvalue weighted by atomic mass is 32.2. The van der Waals surface area contributed by atoms with Crippen LogP contribution in [0.4, 0.5) is 5.69 Å². The van der Waals surface area contributed by atoms with Crippen LogP contribution in [-0.4, -0.2) is 29.1 Å². The summed E-state index contributed by atoms with van der Waals surface area (Å²) in [5.74, 6) is 1.29. The molecule has 0 radical (unpaired) electrons. The van der Waals surface area contributed by atoms with Gasteiger partial charge in [0.05, 0.1) is 17.2 Å². The summed E-state index contributed by atoms with van der Waals surface area (Å²) in [6.07, 6.45) is 1.89. The van der Waals surface area contributed by atoms with Crippen LogP contribution < -0.4 is 9.47 Å². The first-order chi connectivity index (χ1) is 16.6. The van der Waals surface area contributed by atoms with Crippen molar-refractivity contribution in [3.05, 3.63) is 94.4 Å². The predicted molar refractivity (Wildman–Crippen MR) is 140 cm³/mol. The van der Waals surface area contributed by atoms with Crippen LogP contribution >= 0.6 is 11.8 Å². The quantitative estimate of drug-likeness (QED) is 0.347. The number of benzene rings is 3. The predicted octanol–water partition coefficient (Wildman–Crippen LogP) is 6.60. The van der Waals surface area contributed by atoms with Crippen molar-refractivity contribution in [1.82, 2.24) is 4.90 Å². The van der Waals surface area contributed by atoms with Gasteiger partial charge < -0.3 is 9.47 Å². The van der Waals surface area contributed by atoms with Crippen molar-refractivity contribution in [2.24, 2.45) is 4.99 Å². The van der Waals surface area contributed by atoms with E-state index in [4.69, 9.17) is 14.5 Å². The second-order valence-corrected chi connectivity index (χ2v) is 8.81. The first kappa shape index (κ1) is 23.6. The maximum absolute atomic E-state index is 13.0. The molecule has 0 N–H and O–H groups in total. The van der Waals surface area contributed by atoms with Crippen LogP contribution in [0.25, 0.3) is 6.08 Å². The number of carbonyl (C=O) groups excluding carboxylic acids is 1. The molecule has 3 aromatic rings. The average Bonchev–Trinajstić information content (AvgIpc) is 3.14. The lowest BCUT2D eigenvalue weighted by Crippen LogP contribution is -2.28. The molecule has 4 rings (SSSR count). The van der Waals surface area contributed by atoms with Gasteiger partial charge in [-0.1, -0.05) is 54.1 Å². The van der Waals surface area contributed by atoms with Gasteiger partial charge in [-0.2, -0.15) is 0 Å². The van der Waals surface area contributed by atoms with E-state index in [1.54, 1.807) is 4.90 Å². The molecular formula is C28H28N2O3S. The van der Waals surface area contributed by atoms with E-state index < -0.39 is 0 Å². The van der Waals surface area contributed by atoms with Gasteiger partial charge in [0.1, 0.15) is 6.61 Å². The van der Waals surface area contributed by atoms with Crippen LogP contribution in [0, 0.1) is 6.92 Å². The Morgan fingerprint density at radius 3 is 2.41 bits per heavy atom. The fraction of sp³-hybridized carbons (Fsp3) is 0.214. The van der Waals surface area contributed by atoms with Crippen LogP contribution in [0.2, 0.25) is 0 Å². The molecule has 6 heteroatoms. The van der Waals surface area contributed by atoms with Crippen LogP contribution in [0.3, 0.4) is 0 Å². The molecule has 0 aliphatic carbocycles. The third kappa shape index (κ3) is 5.69. The number of rotatable bonds is 8. The molecule has 174 valence electrons. The second kappa shape index (κ2) is 11.1. The minimum absolute atomic E-state index is 0.0410. The van der Waals surface area contributed by atoms with Crippen molar-refractivity contribution in [1.29, 1.82) is 0 Å². The van der Waals surface area contributed by atoms with Crippen molar-refractivity contribution in [2.75, 3.05) is 13.2 Å². The summed E-state index contributed by atoms with van der Waals surface area (Å²) in [4.78, 5) is 20.1. The minimum Gasteiger partial charge on any atom is -0.490 e. The van der Waals surface area contributed by atoms with E-state index in [0.29, 0.717) is 41.3 Å². The molecule has 1 fully saturated rings. The number of thioether (sulfide) groups is 1. The third-order valence-corrected chi connectivity index (χ3v) is 6.27. The molecule has 0 unspecified atom stereocenters. The number of likely N-dealkylation sites (N-methyl/N-ethyl adjacent to an activating group) is 1. The van der Waals surface area contributed by atoms with Crippen molar-refractivity contribution in [2.45, 2.75) is 27.4 Å². The Kier molecular flexibility index (Phi) is 7.70. The van der Waals surface area contributed by atoms with Crippen molar-refractivity contribution in [3.63, 3.8) is 0 Å². The summed E-state index contributed by atoms with van der Waals surface area (Å²) in [6, 6.07) is 23.7. The average molecular weight is 473 g/mol. The lowest BCUT2D eigenvalue weighted by Gasteiger charge is -2.13. The highest BCUT2D eigenvalue weighted by Gasteiger charge is 2.32. The summed E-state index contributed by atoms with van der Waals surface area (Å²) in [7, 11) is 0. The molecule has 1 amide bonds. The van der Waals surface area contributed by atoms with Crippen LogP contribution in [0.15, 0.2) is 82.7 Å². The Morgan fingerprint density at radius 1 is 0.941 bits per heavy atom. The molecule has 1 saturated heterocycles. The topological polar surface area (TPSA) is 51.1 Å². The molecular weight excluding hydrogens is 444 g/mol. The molecule has 34 heavy (non-hydrogen) atoms. The Morgan fingerprint density at radius 2 is 1.71 bits per heavy atom. The Hall–Kier alpha value is -3.51. The molecule has 0 bridgehead atoms. The first-order valence-electron chi connectivity index (χ1n) is 11.4. The van der Waals surface area contributed by atoms with Gasteiger partial charge in [-0.25, -0.2) is 4.99 Å². The normalized spacial score (nSPS) is 15.9. The molecule has 1 aliphatic heterocycles. The zero-order chi connectivity index (χ0) is 23.9. The lowest BCUT2D eigenvalue weighted by molar-refractivity contribution is -0.122. The molecule has 0 saturated carbocycles. The van der Waals surface area contributed by atoms with Crippen molar-refractivity contribution >= 4 is 34.6 Å². The van der Waals surface area contributed by atoms with Gasteiger partial charge in [-0.15, -0.1) is 0 Å². The summed E-state index contributed by atoms with van der Waals surface area (Å²) >= 11 is 1.39. The highest BCUT2D eigenvalue weighted by Crippen LogP contribution is 2.36. The Labute approximate surface area is 205 Å². The van der Waals surface area contributed by atoms with Crippen molar-refractivity contribution in [3.8, 4) is 11.5 Å². The van der Waals surface area contributed by atoms with E-state index in [0.717, 1.165) is 16.8 Å². The van der Waals surface area contributed by atoms with Gasteiger partial charge >= 0.3 is 0 Å². The number of nitrogens with zero attached hydrogens (tertiary/aromatic N) is 2. The number of aliphatic imine (C=N–C) groups is 1. The van der Waals surface area contributed by atoms with Gasteiger partial charge in [0.25, 0.3) is 5.91 Å². The number of hydrogen-bond donors (Lipinski definition) is 0. The van der Waals surface area contributed by atoms with Gasteiger partial charge in [0.2, 0.25) is 0 Å². The van der Waals surface area contributed by atoms with Gasteiger partial charge in [0.15, 0.2) is 16.7 Å². The standard InChI is InChI=1S/C28H28N2O3S/c1-4-30-27(31)26(34-28(30)29-23-14-11-20(3)12-15-23)18-22-13-16-24(25(17-22)32-5-2)33-19-21-9-7-6-8-10-21/h6-18H,4-5,19H2,1-3H3/b26-18+,29-28?. The Bertz CT molecular complexity index is 1200. The van der Waals surface area contributed by atoms with Gasteiger partial charge in [-0.3, -0.25) is 9.69 Å². The summed E-state index contributed by atoms with van der Waals surface area (Å²) in [5, 5.41) is 0.690. The Balaban J connectivity index is 1.56. The number of aryl methyl sites for hydroxylation is 1. The number of amides is 1. The van der Waals surface area contributed by atoms with Crippen LogP contribution in [0.1, 0.15) is 30.5 Å². The SMILES string of the molecule is CCOc1cc(/C=C2/SC(=Nc3ccc(C)cc3)N(CC)C2=O)ccc1OCc1ccccc1. The third-order valence-electron chi connectivity index (χ3n) is 5.27. The molecule has 0 atom stereocenters. The largest absolute Gasteiger partial charge is 0.490 e. The summed E-state index contributed by atoms with van der Waals surface area (Å²) in [5.41, 5.74) is 3.97. The smallest absolute Gasteiger partial charge is 0.266 e. The maximum atomic E-state index is 13.0. The molecule has 3 aromatic carbocycles. The lowest BCUT2D eigenvalue weighted by atomic mass is 10.1. The fourth-order valence-electron chi connectivity index (χ4n) is 3.49. The molecule has 1 aliphatic rings. The van der Waals surface area contributed by atoms with Gasteiger partial charge in [0, 0.05) is 6.54 Å². The van der Waals surface area contributed by atoms with E-state index >= 15 is 0 Å². The minimum atomic E-state index is -0.0410. The molecule has 1 heterocycles. The molecule has 0 spiro atoms. The van der Waals surface area contributed by atoms with Gasteiger partial charge in [-0.05, 0) is 74.0 Å². The second-order valence-electron chi connectivity index (χ2n) is 7.80. The maximum Gasteiger partial charge on any atom is 0.266 e.